The van der Waals surface area contributed by atoms with Gasteiger partial charge in [-0.3, -0.25) is 19.3 Å². The highest BCUT2D eigenvalue weighted by molar-refractivity contribution is 5.76. The second-order valence-corrected chi connectivity index (χ2v) is 7.98. The molecule has 0 unspecified atom stereocenters. The molecule has 0 aliphatic heterocycles. The standard InChI is InChI=1S/C24H48N4O6/c1-4-10-25-22(29)7-16-32-19-13-28(14-20-33-17-8-23(30)26-11-5-2)15-21-34-18-9-24(31)27-12-6-3/h4-21H2,1-3H3,(H,25,29)(H,26,30)(H,27,31). The van der Waals surface area contributed by atoms with Gasteiger partial charge in [-0.25, -0.2) is 0 Å². The Morgan fingerprint density at radius 3 is 1.09 bits per heavy atom. The number of ether oxygens (including phenoxy) is 3. The Bertz CT molecular complexity index is 450. The molecule has 34 heavy (non-hydrogen) atoms. The van der Waals surface area contributed by atoms with Gasteiger partial charge in [-0.1, -0.05) is 20.8 Å². The quantitative estimate of drug-likeness (QED) is 0.174. The third kappa shape index (κ3) is 22.1. The molecule has 3 N–H and O–H groups in total. The Labute approximate surface area is 205 Å². The van der Waals surface area contributed by atoms with E-state index in [-0.39, 0.29) is 17.7 Å². The normalized spacial score (nSPS) is 10.9. The van der Waals surface area contributed by atoms with Crippen LogP contribution in [0.2, 0.25) is 0 Å². The van der Waals surface area contributed by atoms with Gasteiger partial charge in [0.1, 0.15) is 0 Å². The molecule has 0 aromatic carbocycles. The van der Waals surface area contributed by atoms with Gasteiger partial charge in [-0.05, 0) is 19.3 Å². The molecule has 0 aromatic rings. The zero-order valence-corrected chi connectivity index (χ0v) is 21.6. The van der Waals surface area contributed by atoms with Gasteiger partial charge in [0.25, 0.3) is 0 Å². The zero-order chi connectivity index (χ0) is 25.3. The Hall–Kier alpha value is -1.75. The van der Waals surface area contributed by atoms with Crippen molar-refractivity contribution >= 4 is 17.7 Å². The second-order valence-electron chi connectivity index (χ2n) is 7.98. The van der Waals surface area contributed by atoms with Crippen molar-refractivity contribution < 1.29 is 28.6 Å². The monoisotopic (exact) mass is 488 g/mol. The summed E-state index contributed by atoms with van der Waals surface area (Å²) in [6.45, 7) is 12.8. The van der Waals surface area contributed by atoms with Gasteiger partial charge in [0.15, 0.2) is 0 Å². The van der Waals surface area contributed by atoms with Crippen molar-refractivity contribution in [3.63, 3.8) is 0 Å². The molecular weight excluding hydrogens is 440 g/mol. The van der Waals surface area contributed by atoms with Crippen LogP contribution >= 0.6 is 0 Å². The summed E-state index contributed by atoms with van der Waals surface area (Å²) in [5.41, 5.74) is 0. The van der Waals surface area contributed by atoms with E-state index < -0.39 is 0 Å². The molecule has 0 saturated heterocycles. The fourth-order valence-electron chi connectivity index (χ4n) is 2.78. The Balaban J connectivity index is 4.14. The van der Waals surface area contributed by atoms with Crippen LogP contribution in [0.15, 0.2) is 0 Å². The topological polar surface area (TPSA) is 118 Å². The largest absolute Gasteiger partial charge is 0.380 e. The number of carbonyl (C=O) groups is 3. The van der Waals surface area contributed by atoms with Crippen LogP contribution in [0.1, 0.15) is 59.3 Å². The first kappa shape index (κ1) is 32.2. The van der Waals surface area contributed by atoms with Crippen molar-refractivity contribution in [3.8, 4) is 0 Å². The van der Waals surface area contributed by atoms with E-state index in [9.17, 15) is 14.4 Å². The van der Waals surface area contributed by atoms with Gasteiger partial charge in [-0.2, -0.15) is 0 Å². The molecule has 0 saturated carbocycles. The van der Waals surface area contributed by atoms with Crippen LogP contribution in [0.4, 0.5) is 0 Å². The Morgan fingerprint density at radius 1 is 0.529 bits per heavy atom. The first-order chi connectivity index (χ1) is 16.5. The lowest BCUT2D eigenvalue weighted by atomic mass is 10.4. The van der Waals surface area contributed by atoms with Crippen molar-refractivity contribution in [2.24, 2.45) is 0 Å². The van der Waals surface area contributed by atoms with Crippen molar-refractivity contribution in [1.82, 2.24) is 20.9 Å². The number of hydrogen-bond acceptors (Lipinski definition) is 7. The van der Waals surface area contributed by atoms with Gasteiger partial charge in [0, 0.05) is 58.5 Å². The van der Waals surface area contributed by atoms with Crippen LogP contribution in [0.3, 0.4) is 0 Å². The van der Waals surface area contributed by atoms with E-state index in [0.29, 0.717) is 98.2 Å². The number of hydrogen-bond donors (Lipinski definition) is 3. The molecule has 0 aromatic heterocycles. The molecule has 0 aliphatic rings. The predicted molar refractivity (Wildman–Crippen MR) is 133 cm³/mol. The predicted octanol–water partition coefficient (Wildman–Crippen LogP) is 1.09. The van der Waals surface area contributed by atoms with Crippen molar-refractivity contribution in [3.05, 3.63) is 0 Å². The molecule has 200 valence electrons. The van der Waals surface area contributed by atoms with Gasteiger partial charge < -0.3 is 30.2 Å². The van der Waals surface area contributed by atoms with Crippen LogP contribution in [0.5, 0.6) is 0 Å². The van der Waals surface area contributed by atoms with Gasteiger partial charge >= 0.3 is 0 Å². The maximum atomic E-state index is 11.6. The highest BCUT2D eigenvalue weighted by Crippen LogP contribution is 1.94. The minimum Gasteiger partial charge on any atom is -0.380 e. The summed E-state index contributed by atoms with van der Waals surface area (Å²) in [4.78, 5) is 37.0. The molecule has 0 radical (unpaired) electrons. The Kier molecular flexibility index (Phi) is 23.1. The molecule has 10 heteroatoms. The molecule has 3 amide bonds. The second kappa shape index (κ2) is 24.4. The summed E-state index contributed by atoms with van der Waals surface area (Å²) in [7, 11) is 0. The molecule has 0 fully saturated rings. The van der Waals surface area contributed by atoms with Crippen molar-refractivity contribution in [2.75, 3.05) is 78.9 Å². The average molecular weight is 489 g/mol. The van der Waals surface area contributed by atoms with Gasteiger partial charge in [-0.15, -0.1) is 0 Å². The zero-order valence-electron chi connectivity index (χ0n) is 21.6. The lowest BCUT2D eigenvalue weighted by Crippen LogP contribution is -2.35. The highest BCUT2D eigenvalue weighted by atomic mass is 16.5. The fourth-order valence-corrected chi connectivity index (χ4v) is 2.78. The maximum Gasteiger partial charge on any atom is 0.222 e. The molecule has 0 aliphatic carbocycles. The van der Waals surface area contributed by atoms with E-state index in [0.717, 1.165) is 19.3 Å². The van der Waals surface area contributed by atoms with Gasteiger partial charge in [0.2, 0.25) is 17.7 Å². The van der Waals surface area contributed by atoms with Crippen LogP contribution in [-0.2, 0) is 28.6 Å². The first-order valence-electron chi connectivity index (χ1n) is 12.8. The number of nitrogens with one attached hydrogen (secondary N) is 3. The van der Waals surface area contributed by atoms with Crippen LogP contribution < -0.4 is 16.0 Å². The SMILES string of the molecule is CCCNC(=O)CCOCCN(CCOCCC(=O)NCCC)CCOCCC(=O)NCCC. The molecule has 10 nitrogen and oxygen atoms in total. The van der Waals surface area contributed by atoms with E-state index in [1.807, 2.05) is 20.8 Å². The first-order valence-corrected chi connectivity index (χ1v) is 12.8. The van der Waals surface area contributed by atoms with E-state index in [1.54, 1.807) is 0 Å². The minimum absolute atomic E-state index is 0.00598. The summed E-state index contributed by atoms with van der Waals surface area (Å²) >= 11 is 0. The van der Waals surface area contributed by atoms with Crippen LogP contribution in [0.25, 0.3) is 0 Å². The summed E-state index contributed by atoms with van der Waals surface area (Å²) in [5, 5.41) is 8.49. The number of nitrogens with zero attached hydrogens (tertiary/aromatic N) is 1. The molecule has 0 heterocycles. The van der Waals surface area contributed by atoms with E-state index in [2.05, 4.69) is 20.9 Å². The minimum atomic E-state index is 0.00598. The number of amides is 3. The average Bonchev–Trinajstić information content (AvgIpc) is 2.83. The third-order valence-electron chi connectivity index (χ3n) is 4.79. The maximum absolute atomic E-state index is 11.6. The summed E-state index contributed by atoms with van der Waals surface area (Å²) in [5.74, 6) is 0.0179. The summed E-state index contributed by atoms with van der Waals surface area (Å²) in [6, 6.07) is 0. The summed E-state index contributed by atoms with van der Waals surface area (Å²) in [6.07, 6.45) is 3.81. The fraction of sp³-hybridized carbons (Fsp3) is 0.875. The van der Waals surface area contributed by atoms with E-state index >= 15 is 0 Å². The van der Waals surface area contributed by atoms with Crippen molar-refractivity contribution in [2.45, 2.75) is 59.3 Å². The third-order valence-corrected chi connectivity index (χ3v) is 4.79. The molecule has 0 atom stereocenters. The Morgan fingerprint density at radius 2 is 0.824 bits per heavy atom. The highest BCUT2D eigenvalue weighted by Gasteiger charge is 2.08. The smallest absolute Gasteiger partial charge is 0.222 e. The van der Waals surface area contributed by atoms with Crippen molar-refractivity contribution in [1.29, 1.82) is 0 Å². The van der Waals surface area contributed by atoms with E-state index in [1.165, 1.54) is 0 Å². The lowest BCUT2D eigenvalue weighted by molar-refractivity contribution is -0.122. The molecular formula is C24H48N4O6. The summed E-state index contributed by atoms with van der Waals surface area (Å²) < 4.78 is 16.9. The van der Waals surface area contributed by atoms with Crippen LogP contribution in [-0.4, -0.2) is 102 Å². The number of rotatable bonds is 24. The van der Waals surface area contributed by atoms with E-state index in [4.69, 9.17) is 14.2 Å². The number of carbonyl (C=O) groups excluding carboxylic acids is 3. The molecule has 0 bridgehead atoms. The molecule has 0 rings (SSSR count). The van der Waals surface area contributed by atoms with Crippen LogP contribution in [0, 0.1) is 0 Å². The molecule has 0 spiro atoms. The van der Waals surface area contributed by atoms with Gasteiger partial charge in [0.05, 0.1) is 39.6 Å². The lowest BCUT2D eigenvalue weighted by Gasteiger charge is -2.22.